The molecule has 0 bridgehead atoms. The van der Waals surface area contributed by atoms with Gasteiger partial charge in [-0.15, -0.1) is 5.17 Å². The minimum atomic E-state index is -0.372. The maximum Gasteiger partial charge on any atom is 0.261 e. The Balaban J connectivity index is 2.92. The number of hydroxylamine groups is 1. The summed E-state index contributed by atoms with van der Waals surface area (Å²) < 4.78 is 0. The van der Waals surface area contributed by atoms with Crippen LogP contribution in [0.15, 0.2) is 21.6 Å². The Morgan fingerprint density at radius 3 is 2.69 bits per heavy atom. The summed E-state index contributed by atoms with van der Waals surface area (Å²) in [6.45, 7) is 3.31. The van der Waals surface area contributed by atoms with Crippen molar-refractivity contribution < 1.29 is 14.4 Å². The first-order valence-corrected chi connectivity index (χ1v) is 3.54. The maximum absolute atomic E-state index is 10.0. The lowest BCUT2D eigenvalue weighted by molar-refractivity contribution is -0.112. The van der Waals surface area contributed by atoms with Gasteiger partial charge in [-0.25, -0.2) is 9.59 Å². The predicted molar refractivity (Wildman–Crippen MR) is 41.3 cm³/mol. The van der Waals surface area contributed by atoms with Gasteiger partial charge >= 0.3 is 0 Å². The molecular weight excluding hydrogens is 174 g/mol. The van der Waals surface area contributed by atoms with E-state index in [4.69, 9.17) is 4.84 Å². The molecular formula is C7H7N3O3. The minimum absolute atomic E-state index is 0.372. The van der Waals surface area contributed by atoms with Crippen molar-refractivity contribution in [2.45, 2.75) is 19.9 Å². The average molecular weight is 181 g/mol. The van der Waals surface area contributed by atoms with Gasteiger partial charge in [-0.3, -0.25) is 0 Å². The summed E-state index contributed by atoms with van der Waals surface area (Å²) in [5.41, 5.74) is 0.411. The Labute approximate surface area is 74.1 Å². The number of allylic oxidation sites excluding steroid dienone is 1. The van der Waals surface area contributed by atoms with Crippen LogP contribution in [0.2, 0.25) is 0 Å². The third-order valence-electron chi connectivity index (χ3n) is 1.62. The van der Waals surface area contributed by atoms with Crippen LogP contribution in [0.5, 0.6) is 0 Å². The van der Waals surface area contributed by atoms with Crippen molar-refractivity contribution in [3.8, 4) is 0 Å². The lowest BCUT2D eigenvalue weighted by Gasteiger charge is -2.12. The first-order valence-electron chi connectivity index (χ1n) is 3.54. The third kappa shape index (κ3) is 1.64. The van der Waals surface area contributed by atoms with Crippen LogP contribution in [0.1, 0.15) is 13.8 Å². The van der Waals surface area contributed by atoms with Gasteiger partial charge in [0.15, 0.2) is 5.76 Å². The van der Waals surface area contributed by atoms with E-state index in [-0.39, 0.29) is 6.04 Å². The fraction of sp³-hybridized carbons (Fsp3) is 0.429. The fourth-order valence-corrected chi connectivity index (χ4v) is 1.03. The summed E-state index contributed by atoms with van der Waals surface area (Å²) in [7, 11) is 0. The predicted octanol–water partition coefficient (Wildman–Crippen LogP) is 0.440. The molecule has 0 aromatic heterocycles. The Kier molecular flexibility index (Phi) is 2.59. The highest BCUT2D eigenvalue weighted by atomic mass is 16.7. The van der Waals surface area contributed by atoms with Gasteiger partial charge in [0.25, 0.3) is 6.08 Å². The van der Waals surface area contributed by atoms with Crippen LogP contribution in [-0.4, -0.2) is 23.4 Å². The van der Waals surface area contributed by atoms with Crippen molar-refractivity contribution in [3.05, 3.63) is 11.5 Å². The molecule has 1 aliphatic heterocycles. The van der Waals surface area contributed by atoms with Gasteiger partial charge in [0.2, 0.25) is 6.08 Å². The number of isocyanates is 2. The van der Waals surface area contributed by atoms with Crippen molar-refractivity contribution in [2.75, 3.05) is 0 Å². The van der Waals surface area contributed by atoms with Crippen LogP contribution in [0, 0.1) is 0 Å². The monoisotopic (exact) mass is 181 g/mol. The second-order valence-corrected chi connectivity index (χ2v) is 2.41. The van der Waals surface area contributed by atoms with E-state index < -0.39 is 0 Å². The summed E-state index contributed by atoms with van der Waals surface area (Å²) in [6, 6.07) is -0.372. The van der Waals surface area contributed by atoms with Crippen LogP contribution >= 0.6 is 0 Å². The van der Waals surface area contributed by atoms with Crippen molar-refractivity contribution in [1.82, 2.24) is 5.17 Å². The summed E-state index contributed by atoms with van der Waals surface area (Å²) >= 11 is 0. The molecule has 0 fully saturated rings. The van der Waals surface area contributed by atoms with Gasteiger partial charge in [-0.2, -0.15) is 4.99 Å². The molecule has 0 saturated heterocycles. The Morgan fingerprint density at radius 1 is 1.46 bits per heavy atom. The quantitative estimate of drug-likeness (QED) is 0.457. The van der Waals surface area contributed by atoms with Crippen LogP contribution in [0.25, 0.3) is 0 Å². The molecule has 0 N–H and O–H groups in total. The molecule has 68 valence electrons. The highest BCUT2D eigenvalue weighted by molar-refractivity contribution is 5.39. The normalized spacial score (nSPS) is 20.5. The molecule has 0 aromatic rings. The van der Waals surface area contributed by atoms with Crippen LogP contribution in [0.4, 0.5) is 0 Å². The van der Waals surface area contributed by atoms with Gasteiger partial charge in [0, 0.05) is 0 Å². The van der Waals surface area contributed by atoms with Gasteiger partial charge in [0.1, 0.15) is 11.7 Å². The maximum atomic E-state index is 10.0. The lowest BCUT2D eigenvalue weighted by Crippen LogP contribution is -2.21. The molecule has 1 unspecified atom stereocenters. The zero-order valence-corrected chi connectivity index (χ0v) is 7.14. The van der Waals surface area contributed by atoms with E-state index in [1.54, 1.807) is 13.8 Å². The highest BCUT2D eigenvalue weighted by Crippen LogP contribution is 2.25. The number of hydrogen-bond donors (Lipinski definition) is 0. The van der Waals surface area contributed by atoms with Crippen molar-refractivity contribution in [3.63, 3.8) is 0 Å². The molecule has 0 radical (unpaired) electrons. The molecule has 1 rings (SSSR count). The number of aliphatic imine (C=N–C) groups is 1. The van der Waals surface area contributed by atoms with E-state index in [0.29, 0.717) is 11.5 Å². The SMILES string of the molecule is CC1=C(N=C=O)C(C)N(N=C=O)O1. The molecule has 0 amide bonds. The van der Waals surface area contributed by atoms with Gasteiger partial charge in [0.05, 0.1) is 0 Å². The number of carbonyl (C=O) groups excluding carboxylic acids is 2. The molecule has 1 aliphatic rings. The molecule has 0 saturated carbocycles. The van der Waals surface area contributed by atoms with E-state index in [0.717, 1.165) is 5.17 Å². The molecule has 6 heteroatoms. The lowest BCUT2D eigenvalue weighted by atomic mass is 10.2. The molecule has 1 atom stereocenters. The Bertz CT molecular complexity index is 337. The zero-order chi connectivity index (χ0) is 9.84. The molecule has 6 nitrogen and oxygen atoms in total. The van der Waals surface area contributed by atoms with Gasteiger partial charge in [-0.1, -0.05) is 5.10 Å². The largest absolute Gasteiger partial charge is 0.364 e. The van der Waals surface area contributed by atoms with Gasteiger partial charge in [-0.05, 0) is 13.8 Å². The Morgan fingerprint density at radius 2 is 2.15 bits per heavy atom. The molecule has 0 aliphatic carbocycles. The molecule has 1 heterocycles. The van der Waals surface area contributed by atoms with Crippen molar-refractivity contribution >= 4 is 12.2 Å². The van der Waals surface area contributed by atoms with Crippen LogP contribution in [-0.2, 0) is 14.4 Å². The Hall–Kier alpha value is -1.90. The summed E-state index contributed by atoms with van der Waals surface area (Å²) in [6.07, 6.45) is 2.74. The number of rotatable bonds is 2. The summed E-state index contributed by atoms with van der Waals surface area (Å²) in [5.74, 6) is 0.426. The number of hydrogen-bond acceptors (Lipinski definition) is 6. The van der Waals surface area contributed by atoms with E-state index in [1.165, 1.54) is 12.2 Å². The fourth-order valence-electron chi connectivity index (χ4n) is 1.03. The smallest absolute Gasteiger partial charge is 0.261 e. The van der Waals surface area contributed by atoms with E-state index in [2.05, 4.69) is 10.1 Å². The van der Waals surface area contributed by atoms with E-state index in [1.807, 2.05) is 0 Å². The van der Waals surface area contributed by atoms with Crippen molar-refractivity contribution in [1.29, 1.82) is 0 Å². The molecule has 0 aromatic carbocycles. The summed E-state index contributed by atoms with van der Waals surface area (Å²) in [4.78, 5) is 28.4. The average Bonchev–Trinajstić information content (AvgIpc) is 2.34. The standard InChI is InChI=1S/C7H7N3O3/c1-5-7(8-3-11)6(2)13-10(5)9-4-12/h5H,1-2H3. The van der Waals surface area contributed by atoms with Crippen LogP contribution in [0.3, 0.4) is 0 Å². The zero-order valence-electron chi connectivity index (χ0n) is 7.14. The second kappa shape index (κ2) is 3.67. The minimum Gasteiger partial charge on any atom is -0.364 e. The third-order valence-corrected chi connectivity index (χ3v) is 1.62. The topological polar surface area (TPSA) is 71.3 Å². The molecule has 13 heavy (non-hydrogen) atoms. The van der Waals surface area contributed by atoms with E-state index in [9.17, 15) is 9.59 Å². The summed E-state index contributed by atoms with van der Waals surface area (Å²) in [5, 5.41) is 4.29. The first kappa shape index (κ1) is 9.19. The van der Waals surface area contributed by atoms with Crippen LogP contribution < -0.4 is 0 Å². The van der Waals surface area contributed by atoms with Gasteiger partial charge < -0.3 is 4.84 Å². The second-order valence-electron chi connectivity index (χ2n) is 2.41. The molecule has 0 spiro atoms. The number of nitrogens with zero attached hydrogens (tertiary/aromatic N) is 3. The number of hydrazone groups is 1. The van der Waals surface area contributed by atoms with Crippen molar-refractivity contribution in [2.24, 2.45) is 10.1 Å². The van der Waals surface area contributed by atoms with E-state index >= 15 is 0 Å². The highest BCUT2D eigenvalue weighted by Gasteiger charge is 2.29. The first-order chi connectivity index (χ1) is 6.20.